The lowest BCUT2D eigenvalue weighted by atomic mass is 9.83. The molecule has 3 heteroatoms. The molecule has 3 aromatic carbocycles. The Hall–Kier alpha value is -2.94. The molecule has 0 radical (unpaired) electrons. The van der Waals surface area contributed by atoms with Crippen molar-refractivity contribution in [3.05, 3.63) is 71.8 Å². The average molecular weight is 332 g/mol. The second kappa shape index (κ2) is 6.52. The molecular weight excluding hydrogens is 312 g/mol. The molecule has 0 spiro atoms. The quantitative estimate of drug-likeness (QED) is 0.510. The topological polar surface area (TPSA) is 43.4 Å². The number of carbonyl (C=O) groups is 2. The molecule has 0 heterocycles. The minimum absolute atomic E-state index is 0.270. The summed E-state index contributed by atoms with van der Waals surface area (Å²) >= 11 is 0. The van der Waals surface area contributed by atoms with Crippen LogP contribution >= 0.6 is 0 Å². The van der Waals surface area contributed by atoms with Crippen molar-refractivity contribution in [1.29, 1.82) is 0 Å². The summed E-state index contributed by atoms with van der Waals surface area (Å²) in [6, 6.07) is 19.6. The number of aldehydes is 1. The summed E-state index contributed by atoms with van der Waals surface area (Å²) in [7, 11) is 1.40. The lowest BCUT2D eigenvalue weighted by molar-refractivity contribution is -0.146. The van der Waals surface area contributed by atoms with Crippen LogP contribution < -0.4 is 0 Å². The maximum absolute atomic E-state index is 12.0. The molecule has 0 saturated heterocycles. The summed E-state index contributed by atoms with van der Waals surface area (Å²) in [6.07, 6.45) is 0.866. The van der Waals surface area contributed by atoms with E-state index in [0.29, 0.717) is 5.56 Å². The van der Waals surface area contributed by atoms with Crippen LogP contribution in [-0.2, 0) is 14.9 Å². The summed E-state index contributed by atoms with van der Waals surface area (Å²) in [5, 5.41) is 2.12. The van der Waals surface area contributed by atoms with Gasteiger partial charge in [0.1, 0.15) is 6.29 Å². The fourth-order valence-electron chi connectivity index (χ4n) is 3.08. The van der Waals surface area contributed by atoms with Crippen molar-refractivity contribution < 1.29 is 14.3 Å². The Morgan fingerprint density at radius 2 is 1.68 bits per heavy atom. The molecule has 0 atom stereocenters. The predicted octanol–water partition coefficient (Wildman–Crippen LogP) is 4.77. The normalized spacial score (nSPS) is 11.3. The highest BCUT2D eigenvalue weighted by Crippen LogP contribution is 2.32. The number of ether oxygens (including phenoxy) is 1. The van der Waals surface area contributed by atoms with E-state index in [1.165, 1.54) is 7.11 Å². The second-order valence-corrected chi connectivity index (χ2v) is 6.60. The zero-order valence-corrected chi connectivity index (χ0v) is 14.6. The molecule has 0 fully saturated rings. The predicted molar refractivity (Wildman–Crippen MR) is 99.8 cm³/mol. The monoisotopic (exact) mass is 332 g/mol. The van der Waals surface area contributed by atoms with Crippen molar-refractivity contribution in [2.24, 2.45) is 0 Å². The first-order chi connectivity index (χ1) is 12.0. The maximum atomic E-state index is 12.0. The largest absolute Gasteiger partial charge is 0.468 e. The number of hydrogen-bond donors (Lipinski definition) is 0. The summed E-state index contributed by atoms with van der Waals surface area (Å²) in [4.78, 5) is 23.3. The Bertz CT molecular complexity index is 937. The van der Waals surface area contributed by atoms with E-state index in [1.807, 2.05) is 74.5 Å². The minimum Gasteiger partial charge on any atom is -0.468 e. The average Bonchev–Trinajstić information content (AvgIpc) is 2.66. The lowest BCUT2D eigenvalue weighted by Gasteiger charge is -2.22. The van der Waals surface area contributed by atoms with Crippen LogP contribution in [0, 0.1) is 0 Å². The van der Waals surface area contributed by atoms with Gasteiger partial charge in [-0.15, -0.1) is 0 Å². The van der Waals surface area contributed by atoms with Crippen molar-refractivity contribution in [3.8, 4) is 11.1 Å². The third-order valence-corrected chi connectivity index (χ3v) is 4.63. The first kappa shape index (κ1) is 16.9. The van der Waals surface area contributed by atoms with Gasteiger partial charge in [-0.2, -0.15) is 0 Å². The van der Waals surface area contributed by atoms with Gasteiger partial charge in [0, 0.05) is 5.56 Å². The van der Waals surface area contributed by atoms with Crippen LogP contribution in [0.4, 0.5) is 0 Å². The smallest absolute Gasteiger partial charge is 0.315 e. The van der Waals surface area contributed by atoms with Gasteiger partial charge in [-0.05, 0) is 53.4 Å². The number of benzene rings is 3. The number of esters is 1. The molecule has 0 unspecified atom stereocenters. The van der Waals surface area contributed by atoms with Crippen LogP contribution in [0.15, 0.2) is 60.7 Å². The van der Waals surface area contributed by atoms with E-state index in [9.17, 15) is 9.59 Å². The second-order valence-electron chi connectivity index (χ2n) is 6.60. The van der Waals surface area contributed by atoms with Crippen molar-refractivity contribution in [1.82, 2.24) is 0 Å². The SMILES string of the molecule is COC(=O)C(C)(C)c1ccc(-c2cc(C=O)cc3ccccc23)cc1. The highest BCUT2D eigenvalue weighted by molar-refractivity contribution is 6.00. The van der Waals surface area contributed by atoms with Gasteiger partial charge in [-0.1, -0.05) is 48.5 Å². The standard InChI is InChI=1S/C22H20O3/c1-22(2,21(24)25-3)18-10-8-16(9-11-18)20-13-15(14-23)12-17-6-4-5-7-19(17)20/h4-14H,1-3H3. The minimum atomic E-state index is -0.708. The molecule has 0 amide bonds. The van der Waals surface area contributed by atoms with Gasteiger partial charge in [0.15, 0.2) is 0 Å². The van der Waals surface area contributed by atoms with Crippen LogP contribution in [0.2, 0.25) is 0 Å². The van der Waals surface area contributed by atoms with E-state index in [4.69, 9.17) is 4.74 Å². The summed E-state index contributed by atoms with van der Waals surface area (Å²) in [6.45, 7) is 3.69. The molecule has 0 saturated carbocycles. The van der Waals surface area contributed by atoms with Crippen molar-refractivity contribution >= 4 is 23.0 Å². The first-order valence-electron chi connectivity index (χ1n) is 8.14. The molecule has 0 aromatic heterocycles. The van der Waals surface area contributed by atoms with Crippen LogP contribution in [0.5, 0.6) is 0 Å². The van der Waals surface area contributed by atoms with E-state index in [-0.39, 0.29) is 5.97 Å². The molecule has 3 rings (SSSR count). The van der Waals surface area contributed by atoms with Gasteiger partial charge in [-0.3, -0.25) is 9.59 Å². The lowest BCUT2D eigenvalue weighted by Crippen LogP contribution is -2.30. The van der Waals surface area contributed by atoms with E-state index >= 15 is 0 Å². The molecule has 0 aliphatic carbocycles. The molecule has 0 bridgehead atoms. The van der Waals surface area contributed by atoms with Gasteiger partial charge in [0.05, 0.1) is 12.5 Å². The molecule has 126 valence electrons. The Labute approximate surface area is 147 Å². The Morgan fingerprint density at radius 3 is 2.32 bits per heavy atom. The van der Waals surface area contributed by atoms with Crippen molar-refractivity contribution in [2.75, 3.05) is 7.11 Å². The van der Waals surface area contributed by atoms with Crippen molar-refractivity contribution in [3.63, 3.8) is 0 Å². The van der Waals surface area contributed by atoms with E-state index in [2.05, 4.69) is 0 Å². The van der Waals surface area contributed by atoms with Gasteiger partial charge >= 0.3 is 5.97 Å². The number of hydrogen-bond acceptors (Lipinski definition) is 3. The van der Waals surface area contributed by atoms with Gasteiger partial charge in [-0.25, -0.2) is 0 Å². The third-order valence-electron chi connectivity index (χ3n) is 4.63. The molecule has 3 nitrogen and oxygen atoms in total. The number of carbonyl (C=O) groups excluding carboxylic acids is 2. The third kappa shape index (κ3) is 3.05. The first-order valence-corrected chi connectivity index (χ1v) is 8.14. The highest BCUT2D eigenvalue weighted by atomic mass is 16.5. The number of methoxy groups -OCH3 is 1. The highest BCUT2D eigenvalue weighted by Gasteiger charge is 2.30. The van der Waals surface area contributed by atoms with Crippen LogP contribution in [-0.4, -0.2) is 19.4 Å². The van der Waals surface area contributed by atoms with Gasteiger partial charge in [0.2, 0.25) is 0 Å². The van der Waals surface area contributed by atoms with E-state index < -0.39 is 5.41 Å². The number of fused-ring (bicyclic) bond motifs is 1. The molecule has 0 aliphatic rings. The Balaban J connectivity index is 2.11. The van der Waals surface area contributed by atoms with Crippen LogP contribution in [0.3, 0.4) is 0 Å². The molecular formula is C22H20O3. The van der Waals surface area contributed by atoms with Crippen LogP contribution in [0.25, 0.3) is 21.9 Å². The van der Waals surface area contributed by atoms with Crippen LogP contribution in [0.1, 0.15) is 29.8 Å². The summed E-state index contributed by atoms with van der Waals surface area (Å²) < 4.78 is 4.89. The van der Waals surface area contributed by atoms with Gasteiger partial charge < -0.3 is 4.74 Å². The fourth-order valence-corrected chi connectivity index (χ4v) is 3.08. The number of rotatable bonds is 4. The molecule has 0 N–H and O–H groups in total. The summed E-state index contributed by atoms with van der Waals surface area (Å²) in [5.41, 5.74) is 2.83. The van der Waals surface area contributed by atoms with Gasteiger partial charge in [0.25, 0.3) is 0 Å². The van der Waals surface area contributed by atoms with Crippen molar-refractivity contribution in [2.45, 2.75) is 19.3 Å². The molecule has 25 heavy (non-hydrogen) atoms. The molecule has 3 aromatic rings. The van der Waals surface area contributed by atoms with E-state index in [0.717, 1.165) is 33.7 Å². The summed E-state index contributed by atoms with van der Waals surface area (Å²) in [5.74, 6) is -0.270. The fraction of sp³-hybridized carbons (Fsp3) is 0.182. The Morgan fingerprint density at radius 1 is 1.00 bits per heavy atom. The zero-order chi connectivity index (χ0) is 18.0. The maximum Gasteiger partial charge on any atom is 0.315 e. The van der Waals surface area contributed by atoms with E-state index in [1.54, 1.807) is 0 Å². The zero-order valence-electron chi connectivity index (χ0n) is 14.6. The Kier molecular flexibility index (Phi) is 4.41. The molecule has 0 aliphatic heterocycles.